The van der Waals surface area contributed by atoms with Crippen molar-refractivity contribution in [1.29, 1.82) is 0 Å². The van der Waals surface area contributed by atoms with Crippen LogP contribution in [0.2, 0.25) is 0 Å². The van der Waals surface area contributed by atoms with E-state index in [2.05, 4.69) is 5.32 Å². The standard InChI is InChI=1S/C15H22FNO3/c1-11(2)8-15(3,19)10-17-14(18)9-20-13-6-4-12(16)5-7-13/h4-7,11,19H,8-10H2,1-3H3,(H,17,18). The van der Waals surface area contributed by atoms with Gasteiger partial charge in [0.25, 0.3) is 5.91 Å². The number of ether oxygens (including phenoxy) is 1. The zero-order chi connectivity index (χ0) is 15.2. The summed E-state index contributed by atoms with van der Waals surface area (Å²) in [6.07, 6.45) is 0.603. The van der Waals surface area contributed by atoms with Crippen molar-refractivity contribution in [2.24, 2.45) is 5.92 Å². The lowest BCUT2D eigenvalue weighted by Crippen LogP contribution is -2.43. The van der Waals surface area contributed by atoms with Crippen LogP contribution in [-0.4, -0.2) is 29.8 Å². The fourth-order valence-corrected chi connectivity index (χ4v) is 1.97. The van der Waals surface area contributed by atoms with Gasteiger partial charge in [0.15, 0.2) is 6.61 Å². The molecule has 0 saturated carbocycles. The van der Waals surface area contributed by atoms with Crippen molar-refractivity contribution in [3.63, 3.8) is 0 Å². The summed E-state index contributed by atoms with van der Waals surface area (Å²) in [5.74, 6) is 0.0951. The molecule has 1 atom stereocenters. The third kappa shape index (κ3) is 6.52. The Kier molecular flexibility index (Phi) is 5.95. The molecule has 0 aromatic heterocycles. The highest BCUT2D eigenvalue weighted by atomic mass is 19.1. The van der Waals surface area contributed by atoms with Gasteiger partial charge in [0, 0.05) is 6.54 Å². The van der Waals surface area contributed by atoms with Crippen molar-refractivity contribution in [3.05, 3.63) is 30.1 Å². The molecule has 1 unspecified atom stereocenters. The summed E-state index contributed by atoms with van der Waals surface area (Å²) in [7, 11) is 0. The van der Waals surface area contributed by atoms with Gasteiger partial charge in [-0.15, -0.1) is 0 Å². The van der Waals surface area contributed by atoms with E-state index in [0.29, 0.717) is 18.1 Å². The van der Waals surface area contributed by atoms with Crippen LogP contribution in [0.4, 0.5) is 4.39 Å². The number of benzene rings is 1. The predicted molar refractivity (Wildman–Crippen MR) is 75.0 cm³/mol. The van der Waals surface area contributed by atoms with Crippen LogP contribution in [0.1, 0.15) is 27.2 Å². The van der Waals surface area contributed by atoms with Crippen LogP contribution in [0.3, 0.4) is 0 Å². The molecular formula is C15H22FNO3. The lowest BCUT2D eigenvalue weighted by molar-refractivity contribution is -0.124. The van der Waals surface area contributed by atoms with Crippen molar-refractivity contribution in [2.45, 2.75) is 32.8 Å². The van der Waals surface area contributed by atoms with E-state index >= 15 is 0 Å². The zero-order valence-electron chi connectivity index (χ0n) is 12.1. The third-order valence-corrected chi connectivity index (χ3v) is 2.70. The average Bonchev–Trinajstić information content (AvgIpc) is 2.34. The van der Waals surface area contributed by atoms with E-state index in [4.69, 9.17) is 4.74 Å². The second-order valence-corrected chi connectivity index (χ2v) is 5.61. The Bertz CT molecular complexity index is 429. The number of aliphatic hydroxyl groups is 1. The maximum absolute atomic E-state index is 12.7. The van der Waals surface area contributed by atoms with Gasteiger partial charge in [0.05, 0.1) is 5.60 Å². The van der Waals surface area contributed by atoms with Crippen LogP contribution in [0.25, 0.3) is 0 Å². The number of amides is 1. The molecule has 0 aliphatic carbocycles. The first kappa shape index (κ1) is 16.4. The minimum absolute atomic E-state index is 0.163. The Morgan fingerprint density at radius 1 is 1.40 bits per heavy atom. The van der Waals surface area contributed by atoms with E-state index in [0.717, 1.165) is 0 Å². The Morgan fingerprint density at radius 3 is 2.55 bits per heavy atom. The van der Waals surface area contributed by atoms with E-state index in [1.54, 1.807) is 6.92 Å². The first-order valence-corrected chi connectivity index (χ1v) is 6.66. The first-order chi connectivity index (χ1) is 9.28. The lowest BCUT2D eigenvalue weighted by atomic mass is 9.94. The SMILES string of the molecule is CC(C)CC(C)(O)CNC(=O)COc1ccc(F)cc1. The highest BCUT2D eigenvalue weighted by Crippen LogP contribution is 2.15. The number of hydrogen-bond acceptors (Lipinski definition) is 3. The summed E-state index contributed by atoms with van der Waals surface area (Å²) in [5.41, 5.74) is -0.931. The Morgan fingerprint density at radius 2 is 2.00 bits per heavy atom. The van der Waals surface area contributed by atoms with Gasteiger partial charge in [0.2, 0.25) is 0 Å². The smallest absolute Gasteiger partial charge is 0.258 e. The lowest BCUT2D eigenvalue weighted by Gasteiger charge is -2.25. The van der Waals surface area contributed by atoms with Crippen LogP contribution in [0.5, 0.6) is 5.75 Å². The Balaban J connectivity index is 2.32. The number of rotatable bonds is 7. The average molecular weight is 283 g/mol. The molecule has 0 aliphatic rings. The van der Waals surface area contributed by atoms with Crippen LogP contribution in [-0.2, 0) is 4.79 Å². The fourth-order valence-electron chi connectivity index (χ4n) is 1.97. The molecule has 1 amide bonds. The molecule has 0 aliphatic heterocycles. The van der Waals surface area contributed by atoms with E-state index in [1.165, 1.54) is 24.3 Å². The molecule has 1 aromatic rings. The molecule has 0 spiro atoms. The summed E-state index contributed by atoms with van der Waals surface area (Å²) >= 11 is 0. The van der Waals surface area contributed by atoms with Gasteiger partial charge in [0.1, 0.15) is 11.6 Å². The van der Waals surface area contributed by atoms with Gasteiger partial charge in [-0.2, -0.15) is 0 Å². The van der Waals surface area contributed by atoms with Crippen molar-refractivity contribution in [1.82, 2.24) is 5.32 Å². The molecular weight excluding hydrogens is 261 g/mol. The van der Waals surface area contributed by atoms with Crippen LogP contribution in [0, 0.1) is 11.7 Å². The summed E-state index contributed by atoms with van der Waals surface area (Å²) in [6.45, 7) is 5.72. The van der Waals surface area contributed by atoms with Gasteiger partial charge in [-0.25, -0.2) is 4.39 Å². The van der Waals surface area contributed by atoms with Gasteiger partial charge in [-0.05, 0) is 43.5 Å². The summed E-state index contributed by atoms with van der Waals surface area (Å²) in [6, 6.07) is 5.44. The van der Waals surface area contributed by atoms with Crippen LogP contribution in [0.15, 0.2) is 24.3 Å². The third-order valence-electron chi connectivity index (χ3n) is 2.70. The monoisotopic (exact) mass is 283 g/mol. The topological polar surface area (TPSA) is 58.6 Å². The van der Waals surface area contributed by atoms with E-state index < -0.39 is 5.60 Å². The highest BCUT2D eigenvalue weighted by molar-refractivity contribution is 5.77. The summed E-state index contributed by atoms with van der Waals surface area (Å²) < 4.78 is 17.9. The first-order valence-electron chi connectivity index (χ1n) is 6.66. The number of carbonyl (C=O) groups excluding carboxylic acids is 1. The summed E-state index contributed by atoms with van der Waals surface area (Å²) in [5, 5.41) is 12.7. The van der Waals surface area contributed by atoms with Crippen LogP contribution >= 0.6 is 0 Å². The molecule has 1 rings (SSSR count). The second kappa shape index (κ2) is 7.24. The van der Waals surface area contributed by atoms with Gasteiger partial charge in [-0.1, -0.05) is 13.8 Å². The van der Waals surface area contributed by atoms with E-state index in [9.17, 15) is 14.3 Å². The van der Waals surface area contributed by atoms with Gasteiger partial charge >= 0.3 is 0 Å². The van der Waals surface area contributed by atoms with Crippen molar-refractivity contribution >= 4 is 5.91 Å². The Labute approximate surface area is 119 Å². The number of carbonyl (C=O) groups is 1. The summed E-state index contributed by atoms with van der Waals surface area (Å²) in [4.78, 5) is 11.6. The molecule has 112 valence electrons. The molecule has 0 fully saturated rings. The molecule has 5 heteroatoms. The minimum Gasteiger partial charge on any atom is -0.484 e. The molecule has 20 heavy (non-hydrogen) atoms. The van der Waals surface area contributed by atoms with Crippen molar-refractivity contribution in [2.75, 3.05) is 13.2 Å². The predicted octanol–water partition coefficient (Wildman–Crippen LogP) is 2.12. The highest BCUT2D eigenvalue weighted by Gasteiger charge is 2.22. The maximum Gasteiger partial charge on any atom is 0.258 e. The van der Waals surface area contributed by atoms with Crippen molar-refractivity contribution in [3.8, 4) is 5.75 Å². The maximum atomic E-state index is 12.7. The zero-order valence-corrected chi connectivity index (χ0v) is 12.1. The number of hydrogen-bond donors (Lipinski definition) is 2. The largest absolute Gasteiger partial charge is 0.484 e. The molecule has 0 bridgehead atoms. The molecule has 4 nitrogen and oxygen atoms in total. The molecule has 1 aromatic carbocycles. The normalized spacial score (nSPS) is 13.9. The number of nitrogens with one attached hydrogen (secondary N) is 1. The Hall–Kier alpha value is -1.62. The quantitative estimate of drug-likeness (QED) is 0.806. The van der Waals surface area contributed by atoms with Gasteiger partial charge < -0.3 is 15.2 Å². The van der Waals surface area contributed by atoms with Crippen LogP contribution < -0.4 is 10.1 Å². The molecule has 0 saturated heterocycles. The fraction of sp³-hybridized carbons (Fsp3) is 0.533. The van der Waals surface area contributed by atoms with Crippen molar-refractivity contribution < 1.29 is 19.0 Å². The molecule has 0 heterocycles. The minimum atomic E-state index is -0.931. The molecule has 0 radical (unpaired) electrons. The number of halogens is 1. The van der Waals surface area contributed by atoms with Gasteiger partial charge in [-0.3, -0.25) is 4.79 Å². The second-order valence-electron chi connectivity index (χ2n) is 5.61. The van der Waals surface area contributed by atoms with E-state index in [-0.39, 0.29) is 24.9 Å². The van der Waals surface area contributed by atoms with E-state index in [1.807, 2.05) is 13.8 Å². The molecule has 2 N–H and O–H groups in total.